The van der Waals surface area contributed by atoms with Crippen LogP contribution in [-0.2, 0) is 0 Å². The summed E-state index contributed by atoms with van der Waals surface area (Å²) in [5, 5.41) is 0. The highest BCUT2D eigenvalue weighted by Crippen LogP contribution is 2.07. The molecule has 0 atom stereocenters. The average molecular weight is 174 g/mol. The lowest BCUT2D eigenvalue weighted by Gasteiger charge is -1.92. The Morgan fingerprint density at radius 3 is 2.54 bits per heavy atom. The predicted molar refractivity (Wildman–Crippen MR) is 55.7 cm³/mol. The summed E-state index contributed by atoms with van der Waals surface area (Å²) in [6, 6.07) is 12.4. The normalized spacial score (nSPS) is 9.46. The van der Waals surface area contributed by atoms with E-state index in [0.29, 0.717) is 5.92 Å². The van der Waals surface area contributed by atoms with Crippen LogP contribution >= 0.6 is 0 Å². The molecule has 13 heavy (non-hydrogen) atoms. The molecule has 0 aliphatic rings. The molecule has 0 unspecified atom stereocenters. The van der Waals surface area contributed by atoms with E-state index in [0.717, 1.165) is 12.2 Å². The third kappa shape index (κ3) is 4.24. The van der Waals surface area contributed by atoms with Gasteiger partial charge in [0.15, 0.2) is 0 Å². The third-order valence-electron chi connectivity index (χ3n) is 1.46. The number of benzene rings is 1. The van der Waals surface area contributed by atoms with E-state index in [-0.39, 0.29) is 0 Å². The summed E-state index contributed by atoms with van der Waals surface area (Å²) >= 11 is 0. The van der Waals surface area contributed by atoms with Crippen LogP contribution < -0.4 is 0 Å². The maximum atomic E-state index is 4.06. The van der Waals surface area contributed by atoms with Gasteiger partial charge in [0.2, 0.25) is 0 Å². The average Bonchev–Trinajstić information content (AvgIpc) is 2.14. The number of hydrogen-bond acceptors (Lipinski definition) is 2. The summed E-state index contributed by atoms with van der Waals surface area (Å²) in [6.45, 7) is 5.03. The van der Waals surface area contributed by atoms with E-state index in [1.807, 2.05) is 30.3 Å². The highest BCUT2D eigenvalue weighted by atomic mass is 14.8. The highest BCUT2D eigenvalue weighted by Gasteiger charge is 1.86. The van der Waals surface area contributed by atoms with Crippen LogP contribution in [0.5, 0.6) is 0 Å². The number of hydrogen-bond donors (Lipinski definition) is 0. The van der Waals surface area contributed by atoms with Crippen LogP contribution in [0.25, 0.3) is 0 Å². The highest BCUT2D eigenvalue weighted by molar-refractivity contribution is 5.51. The van der Waals surface area contributed by atoms with Gasteiger partial charge in [0, 0.05) is 0 Å². The van der Waals surface area contributed by atoms with Crippen molar-refractivity contribution in [3.8, 4) is 0 Å². The van der Waals surface area contributed by atoms with Gasteiger partial charge in [-0.25, -0.2) is 4.99 Å². The second kappa shape index (κ2) is 5.28. The molecule has 2 nitrogen and oxygen atoms in total. The smallest absolute Gasteiger partial charge is 0.0949 e. The minimum Gasteiger partial charge on any atom is -0.225 e. The Morgan fingerprint density at radius 2 is 1.92 bits per heavy atom. The molecule has 1 aromatic carbocycles. The number of rotatable bonds is 3. The Labute approximate surface area is 79.0 Å². The third-order valence-corrected chi connectivity index (χ3v) is 1.46. The lowest BCUT2D eigenvalue weighted by molar-refractivity contribution is 0.667. The van der Waals surface area contributed by atoms with Crippen LogP contribution in [0.4, 0.5) is 5.69 Å². The van der Waals surface area contributed by atoms with Gasteiger partial charge in [0.05, 0.1) is 18.2 Å². The number of para-hydroxylation sites is 1. The second-order valence-corrected chi connectivity index (χ2v) is 3.28. The fourth-order valence-corrected chi connectivity index (χ4v) is 0.819. The van der Waals surface area contributed by atoms with Crippen LogP contribution in [0.3, 0.4) is 0 Å². The zero-order valence-electron chi connectivity index (χ0n) is 8.07. The van der Waals surface area contributed by atoms with E-state index < -0.39 is 0 Å². The van der Waals surface area contributed by atoms with Crippen LogP contribution in [0.2, 0.25) is 0 Å². The van der Waals surface area contributed by atoms with Crippen molar-refractivity contribution < 1.29 is 0 Å². The van der Waals surface area contributed by atoms with Crippen molar-refractivity contribution in [3.05, 3.63) is 30.3 Å². The van der Waals surface area contributed by atoms with Gasteiger partial charge in [0.25, 0.3) is 0 Å². The zero-order valence-corrected chi connectivity index (χ0v) is 8.07. The van der Waals surface area contributed by atoms with Crippen molar-refractivity contribution in [2.45, 2.75) is 13.8 Å². The molecule has 1 aromatic rings. The van der Waals surface area contributed by atoms with Gasteiger partial charge in [-0.05, 0) is 18.1 Å². The zero-order chi connectivity index (χ0) is 9.52. The Kier molecular flexibility index (Phi) is 3.94. The molecular weight excluding hydrogens is 160 g/mol. The van der Waals surface area contributed by atoms with E-state index >= 15 is 0 Å². The Bertz CT molecular complexity index is 295. The first-order chi connectivity index (χ1) is 6.29. The summed E-state index contributed by atoms with van der Waals surface area (Å²) in [7, 11) is 0. The van der Waals surface area contributed by atoms with Gasteiger partial charge in [-0.15, -0.1) is 0 Å². The summed E-state index contributed by atoms with van der Waals surface area (Å²) in [5.41, 5.74) is 0.898. The molecule has 0 bridgehead atoms. The maximum absolute atomic E-state index is 4.06. The van der Waals surface area contributed by atoms with Crippen LogP contribution in [-0.4, -0.2) is 12.6 Å². The maximum Gasteiger partial charge on any atom is 0.0949 e. The van der Waals surface area contributed by atoms with Crippen molar-refractivity contribution in [2.24, 2.45) is 15.9 Å². The Morgan fingerprint density at radius 1 is 1.23 bits per heavy atom. The van der Waals surface area contributed by atoms with Crippen molar-refractivity contribution >= 4 is 11.7 Å². The van der Waals surface area contributed by atoms with Crippen molar-refractivity contribution in [1.82, 2.24) is 0 Å². The molecule has 0 saturated carbocycles. The second-order valence-electron chi connectivity index (χ2n) is 3.28. The molecule has 0 saturated heterocycles. The molecule has 68 valence electrons. The molecule has 1 rings (SSSR count). The molecule has 0 N–H and O–H groups in total. The van der Waals surface area contributed by atoms with E-state index in [1.165, 1.54) is 0 Å². The first-order valence-corrected chi connectivity index (χ1v) is 4.46. The molecule has 0 fully saturated rings. The van der Waals surface area contributed by atoms with E-state index in [9.17, 15) is 0 Å². The number of nitrogens with zero attached hydrogens (tertiary/aromatic N) is 2. The molecule has 2 heteroatoms. The molecule has 0 heterocycles. The molecule has 0 aliphatic heterocycles. The van der Waals surface area contributed by atoms with Gasteiger partial charge in [-0.3, -0.25) is 0 Å². The first-order valence-electron chi connectivity index (χ1n) is 4.46. The van der Waals surface area contributed by atoms with Crippen LogP contribution in [0.15, 0.2) is 40.3 Å². The van der Waals surface area contributed by atoms with E-state index in [2.05, 4.69) is 29.8 Å². The first kappa shape index (κ1) is 9.69. The van der Waals surface area contributed by atoms with Gasteiger partial charge in [-0.1, -0.05) is 32.0 Å². The molecule has 0 aliphatic carbocycles. The van der Waals surface area contributed by atoms with Crippen molar-refractivity contribution in [2.75, 3.05) is 6.54 Å². The molecular formula is C11H14N2. The molecule has 0 spiro atoms. The largest absolute Gasteiger partial charge is 0.225 e. The van der Waals surface area contributed by atoms with Crippen LogP contribution in [0.1, 0.15) is 13.8 Å². The van der Waals surface area contributed by atoms with Gasteiger partial charge >= 0.3 is 0 Å². The SMILES string of the molecule is CC(C)CN=C=Nc1ccccc1. The predicted octanol–water partition coefficient (Wildman–Crippen LogP) is 3.15. The monoisotopic (exact) mass is 174 g/mol. The van der Waals surface area contributed by atoms with Gasteiger partial charge in [0.1, 0.15) is 0 Å². The summed E-state index contributed by atoms with van der Waals surface area (Å²) < 4.78 is 0. The van der Waals surface area contributed by atoms with Crippen molar-refractivity contribution in [1.29, 1.82) is 0 Å². The molecule has 0 amide bonds. The minimum absolute atomic E-state index is 0.568. The van der Waals surface area contributed by atoms with Gasteiger partial charge < -0.3 is 0 Å². The van der Waals surface area contributed by atoms with Crippen molar-refractivity contribution in [3.63, 3.8) is 0 Å². The topological polar surface area (TPSA) is 24.7 Å². The number of aliphatic imine (C=N–C) groups is 2. The molecule has 0 radical (unpaired) electrons. The Balaban J connectivity index is 2.54. The fourth-order valence-electron chi connectivity index (χ4n) is 0.819. The minimum atomic E-state index is 0.568. The lowest BCUT2D eigenvalue weighted by atomic mass is 10.2. The summed E-state index contributed by atoms with van der Waals surface area (Å²) in [6.07, 6.45) is 0. The Hall–Kier alpha value is -1.40. The standard InChI is InChI=1S/C11H14N2/c1-10(2)8-12-9-13-11-6-4-3-5-7-11/h3-7,10H,8H2,1-2H3. The fraction of sp³-hybridized carbons (Fsp3) is 0.364. The quantitative estimate of drug-likeness (QED) is 0.629. The summed E-state index contributed by atoms with van der Waals surface area (Å²) in [5.74, 6) is 0.568. The summed E-state index contributed by atoms with van der Waals surface area (Å²) in [4.78, 5) is 8.11. The van der Waals surface area contributed by atoms with Gasteiger partial charge in [-0.2, -0.15) is 4.99 Å². The lowest BCUT2D eigenvalue weighted by Crippen LogP contribution is -1.89. The van der Waals surface area contributed by atoms with Crippen LogP contribution in [0, 0.1) is 5.92 Å². The molecule has 0 aromatic heterocycles. The van der Waals surface area contributed by atoms with E-state index in [4.69, 9.17) is 0 Å². The van der Waals surface area contributed by atoms with E-state index in [1.54, 1.807) is 0 Å².